The highest BCUT2D eigenvalue weighted by Crippen LogP contribution is 2.11. The molecule has 3 rings (SSSR count). The highest BCUT2D eigenvalue weighted by molar-refractivity contribution is 5.77. The molecular formula is C14H17N5O. The van der Waals surface area contributed by atoms with Crippen LogP contribution in [0.3, 0.4) is 0 Å². The first kappa shape index (κ1) is 12.8. The Morgan fingerprint density at radius 3 is 2.85 bits per heavy atom. The van der Waals surface area contributed by atoms with Crippen LogP contribution in [0.1, 0.15) is 19.3 Å². The number of likely N-dealkylation sites (tertiary alicyclic amines) is 1. The van der Waals surface area contributed by atoms with Gasteiger partial charge in [0.2, 0.25) is 5.91 Å². The maximum atomic E-state index is 11.9. The monoisotopic (exact) mass is 271 g/mol. The van der Waals surface area contributed by atoms with Crippen LogP contribution in [-0.4, -0.2) is 45.4 Å². The van der Waals surface area contributed by atoms with Crippen molar-refractivity contribution in [1.29, 1.82) is 0 Å². The number of rotatable bonds is 4. The molecule has 1 aliphatic heterocycles. The third-order valence-corrected chi connectivity index (χ3v) is 3.44. The summed E-state index contributed by atoms with van der Waals surface area (Å²) in [5.41, 5.74) is 1.38. The zero-order valence-corrected chi connectivity index (χ0v) is 11.2. The Morgan fingerprint density at radius 2 is 2.00 bits per heavy atom. The molecule has 0 aliphatic carbocycles. The van der Waals surface area contributed by atoms with Gasteiger partial charge in [-0.25, -0.2) is 9.97 Å². The maximum absolute atomic E-state index is 11.9. The first-order valence-corrected chi connectivity index (χ1v) is 6.92. The van der Waals surface area contributed by atoms with E-state index in [1.807, 2.05) is 17.0 Å². The van der Waals surface area contributed by atoms with Crippen molar-refractivity contribution in [2.24, 2.45) is 0 Å². The van der Waals surface area contributed by atoms with Crippen LogP contribution >= 0.6 is 0 Å². The van der Waals surface area contributed by atoms with Gasteiger partial charge in [0.25, 0.3) is 0 Å². The van der Waals surface area contributed by atoms with Crippen LogP contribution in [0, 0.1) is 0 Å². The van der Waals surface area contributed by atoms with Crippen LogP contribution in [-0.2, 0) is 4.79 Å². The Kier molecular flexibility index (Phi) is 3.71. The molecule has 0 aromatic carbocycles. The lowest BCUT2D eigenvalue weighted by Crippen LogP contribution is -2.29. The van der Waals surface area contributed by atoms with E-state index in [0.29, 0.717) is 18.6 Å². The predicted octanol–water partition coefficient (Wildman–Crippen LogP) is 1.45. The van der Waals surface area contributed by atoms with Crippen LogP contribution in [0.4, 0.5) is 5.82 Å². The van der Waals surface area contributed by atoms with Crippen LogP contribution in [0.15, 0.2) is 24.5 Å². The summed E-state index contributed by atoms with van der Waals surface area (Å²) >= 11 is 0. The van der Waals surface area contributed by atoms with Crippen molar-refractivity contribution in [1.82, 2.24) is 19.9 Å². The van der Waals surface area contributed by atoms with E-state index in [9.17, 15) is 4.79 Å². The lowest BCUT2D eigenvalue weighted by atomic mass is 10.3. The zero-order chi connectivity index (χ0) is 13.8. The van der Waals surface area contributed by atoms with Crippen LogP contribution < -0.4 is 5.32 Å². The standard InChI is InChI=1S/C14H17N5O/c20-13(19-9-1-2-10-19)5-6-16-12-4-3-11-14(18-12)17-8-7-15-11/h3-4,7-8H,1-2,5-6,9-10H2,(H,16,17,18). The van der Waals surface area contributed by atoms with Crippen molar-refractivity contribution in [3.63, 3.8) is 0 Å². The molecule has 0 radical (unpaired) electrons. The molecule has 6 nitrogen and oxygen atoms in total. The normalized spacial score (nSPS) is 14.7. The molecule has 0 spiro atoms. The number of carbonyl (C=O) groups is 1. The Labute approximate surface area is 117 Å². The number of aromatic nitrogens is 3. The minimum atomic E-state index is 0.218. The molecule has 0 saturated carbocycles. The van der Waals surface area contributed by atoms with Crippen molar-refractivity contribution in [3.8, 4) is 0 Å². The predicted molar refractivity (Wildman–Crippen MR) is 76.3 cm³/mol. The molecule has 1 saturated heterocycles. The summed E-state index contributed by atoms with van der Waals surface area (Å²) in [4.78, 5) is 26.5. The van der Waals surface area contributed by atoms with E-state index in [4.69, 9.17) is 0 Å². The van der Waals surface area contributed by atoms with Gasteiger partial charge in [-0.15, -0.1) is 0 Å². The molecule has 0 atom stereocenters. The number of hydrogen-bond donors (Lipinski definition) is 1. The summed E-state index contributed by atoms with van der Waals surface area (Å²) in [6, 6.07) is 3.73. The number of nitrogens with one attached hydrogen (secondary N) is 1. The fourth-order valence-corrected chi connectivity index (χ4v) is 2.37. The van der Waals surface area contributed by atoms with Gasteiger partial charge in [0, 0.05) is 38.4 Å². The largest absolute Gasteiger partial charge is 0.369 e. The fraction of sp³-hybridized carbons (Fsp3) is 0.429. The second kappa shape index (κ2) is 5.81. The molecule has 104 valence electrons. The van der Waals surface area contributed by atoms with Gasteiger partial charge in [0.05, 0.1) is 0 Å². The average molecular weight is 271 g/mol. The number of amides is 1. The highest BCUT2D eigenvalue weighted by Gasteiger charge is 2.16. The van der Waals surface area contributed by atoms with Gasteiger partial charge in [-0.3, -0.25) is 9.78 Å². The molecule has 1 amide bonds. The molecular weight excluding hydrogens is 254 g/mol. The third-order valence-electron chi connectivity index (χ3n) is 3.44. The molecule has 0 unspecified atom stereocenters. The van der Waals surface area contributed by atoms with E-state index >= 15 is 0 Å². The van der Waals surface area contributed by atoms with E-state index in [-0.39, 0.29) is 5.91 Å². The Hall–Kier alpha value is -2.24. The summed E-state index contributed by atoms with van der Waals surface area (Å²) in [5, 5.41) is 3.16. The minimum Gasteiger partial charge on any atom is -0.369 e. The molecule has 1 aliphatic rings. The average Bonchev–Trinajstić information content (AvgIpc) is 3.01. The summed E-state index contributed by atoms with van der Waals surface area (Å²) < 4.78 is 0. The molecule has 3 heterocycles. The summed E-state index contributed by atoms with van der Waals surface area (Å²) in [7, 11) is 0. The zero-order valence-electron chi connectivity index (χ0n) is 11.2. The van der Waals surface area contributed by atoms with E-state index in [1.54, 1.807) is 12.4 Å². The van der Waals surface area contributed by atoms with Crippen molar-refractivity contribution >= 4 is 22.9 Å². The quantitative estimate of drug-likeness (QED) is 0.911. The summed E-state index contributed by atoms with van der Waals surface area (Å²) in [5.74, 6) is 0.947. The van der Waals surface area contributed by atoms with Crippen molar-refractivity contribution in [2.75, 3.05) is 25.0 Å². The number of carbonyl (C=O) groups excluding carboxylic acids is 1. The van der Waals surface area contributed by atoms with Crippen LogP contribution in [0.2, 0.25) is 0 Å². The van der Waals surface area contributed by atoms with Gasteiger partial charge in [0.15, 0.2) is 5.65 Å². The van der Waals surface area contributed by atoms with E-state index in [1.165, 1.54) is 0 Å². The Balaban J connectivity index is 1.55. The molecule has 0 bridgehead atoms. The fourth-order valence-electron chi connectivity index (χ4n) is 2.37. The van der Waals surface area contributed by atoms with E-state index in [0.717, 1.165) is 37.3 Å². The topological polar surface area (TPSA) is 71.0 Å². The number of nitrogens with zero attached hydrogens (tertiary/aromatic N) is 4. The lowest BCUT2D eigenvalue weighted by molar-refractivity contribution is -0.129. The second-order valence-electron chi connectivity index (χ2n) is 4.86. The Bertz CT molecular complexity index is 609. The van der Waals surface area contributed by atoms with Crippen molar-refractivity contribution < 1.29 is 4.79 Å². The summed E-state index contributed by atoms with van der Waals surface area (Å²) in [6.45, 7) is 2.40. The number of pyridine rings is 1. The summed E-state index contributed by atoms with van der Waals surface area (Å²) in [6.07, 6.45) is 6.02. The van der Waals surface area contributed by atoms with Gasteiger partial charge in [-0.1, -0.05) is 0 Å². The molecule has 1 fully saturated rings. The highest BCUT2D eigenvalue weighted by atomic mass is 16.2. The third kappa shape index (κ3) is 2.84. The van der Waals surface area contributed by atoms with E-state index in [2.05, 4.69) is 20.3 Å². The van der Waals surface area contributed by atoms with Crippen LogP contribution in [0.5, 0.6) is 0 Å². The second-order valence-corrected chi connectivity index (χ2v) is 4.86. The lowest BCUT2D eigenvalue weighted by Gasteiger charge is -2.15. The molecule has 20 heavy (non-hydrogen) atoms. The van der Waals surface area contributed by atoms with Gasteiger partial charge in [0.1, 0.15) is 11.3 Å². The SMILES string of the molecule is O=C(CCNc1ccc2nccnc2n1)N1CCCC1. The Morgan fingerprint density at radius 1 is 1.20 bits per heavy atom. The number of hydrogen-bond acceptors (Lipinski definition) is 5. The molecule has 2 aromatic rings. The van der Waals surface area contributed by atoms with E-state index < -0.39 is 0 Å². The maximum Gasteiger partial charge on any atom is 0.224 e. The van der Waals surface area contributed by atoms with Crippen LogP contribution in [0.25, 0.3) is 11.2 Å². The first-order chi connectivity index (χ1) is 9.83. The smallest absolute Gasteiger partial charge is 0.224 e. The first-order valence-electron chi connectivity index (χ1n) is 6.92. The minimum absolute atomic E-state index is 0.218. The van der Waals surface area contributed by atoms with Gasteiger partial charge in [-0.05, 0) is 25.0 Å². The van der Waals surface area contributed by atoms with Crippen molar-refractivity contribution in [2.45, 2.75) is 19.3 Å². The van der Waals surface area contributed by atoms with Gasteiger partial charge in [-0.2, -0.15) is 0 Å². The van der Waals surface area contributed by atoms with Gasteiger partial charge >= 0.3 is 0 Å². The molecule has 1 N–H and O–H groups in total. The van der Waals surface area contributed by atoms with Crippen molar-refractivity contribution in [3.05, 3.63) is 24.5 Å². The number of anilines is 1. The number of fused-ring (bicyclic) bond motifs is 1. The molecule has 6 heteroatoms. The molecule has 2 aromatic heterocycles. The van der Waals surface area contributed by atoms with Gasteiger partial charge < -0.3 is 10.2 Å².